The maximum Gasteiger partial charge on any atom is 0.328 e. The van der Waals surface area contributed by atoms with Gasteiger partial charge in [0.15, 0.2) is 5.78 Å². The van der Waals surface area contributed by atoms with E-state index in [0.717, 1.165) is 25.8 Å². The van der Waals surface area contributed by atoms with E-state index in [1.54, 1.807) is 17.0 Å². The summed E-state index contributed by atoms with van der Waals surface area (Å²) in [5.41, 5.74) is -0.0640. The molecular weight excluding hydrogens is 192 g/mol. The zero-order chi connectivity index (χ0) is 10.8. The van der Waals surface area contributed by atoms with Gasteiger partial charge in [0.2, 0.25) is 0 Å². The Balaban J connectivity index is 2.07. The number of carbonyl (C=O) groups excluding carboxylic acids is 1. The first-order valence-electron chi connectivity index (χ1n) is 5.50. The van der Waals surface area contributed by atoms with Crippen LogP contribution in [-0.2, 0) is 17.9 Å². The largest absolute Gasteiger partial charge is 0.328 e. The summed E-state index contributed by atoms with van der Waals surface area (Å²) in [6.07, 6.45) is 6.40. The second-order valence-electron chi connectivity index (χ2n) is 4.14. The van der Waals surface area contributed by atoms with Crippen molar-refractivity contribution in [2.24, 2.45) is 5.92 Å². The van der Waals surface area contributed by atoms with Crippen LogP contribution in [0.1, 0.15) is 26.2 Å². The minimum Gasteiger partial charge on any atom is -0.299 e. The van der Waals surface area contributed by atoms with Crippen molar-refractivity contribution in [2.45, 2.75) is 39.3 Å². The molecule has 1 aromatic rings. The first-order valence-corrected chi connectivity index (χ1v) is 5.50. The van der Waals surface area contributed by atoms with Crippen molar-refractivity contribution < 1.29 is 4.79 Å². The van der Waals surface area contributed by atoms with Crippen molar-refractivity contribution in [3.05, 3.63) is 22.9 Å². The fourth-order valence-corrected chi connectivity index (χ4v) is 1.69. The SMILES string of the molecule is CCCn1ccn(CC(=O)C2CC2)c1=O. The van der Waals surface area contributed by atoms with Gasteiger partial charge in [-0.25, -0.2) is 4.79 Å². The molecule has 82 valence electrons. The third-order valence-electron chi connectivity index (χ3n) is 2.74. The van der Waals surface area contributed by atoms with Crippen LogP contribution in [0, 0.1) is 5.92 Å². The van der Waals surface area contributed by atoms with Gasteiger partial charge in [-0.3, -0.25) is 13.9 Å². The van der Waals surface area contributed by atoms with Crippen molar-refractivity contribution in [2.75, 3.05) is 0 Å². The highest BCUT2D eigenvalue weighted by Crippen LogP contribution is 2.29. The minimum absolute atomic E-state index is 0.0640. The van der Waals surface area contributed by atoms with Crippen LogP contribution in [-0.4, -0.2) is 14.9 Å². The second-order valence-corrected chi connectivity index (χ2v) is 4.14. The molecule has 15 heavy (non-hydrogen) atoms. The van der Waals surface area contributed by atoms with Gasteiger partial charge in [-0.1, -0.05) is 6.92 Å². The Bertz CT molecular complexity index is 412. The molecule has 1 aromatic heterocycles. The first-order chi connectivity index (χ1) is 7.22. The predicted octanol–water partition coefficient (Wildman–Crippen LogP) is 1.04. The molecule has 4 nitrogen and oxygen atoms in total. The summed E-state index contributed by atoms with van der Waals surface area (Å²) in [6.45, 7) is 3.00. The number of rotatable bonds is 5. The molecule has 1 heterocycles. The minimum atomic E-state index is -0.0640. The first kappa shape index (κ1) is 10.2. The Hall–Kier alpha value is -1.32. The molecule has 0 bridgehead atoms. The molecule has 1 aliphatic rings. The summed E-state index contributed by atoms with van der Waals surface area (Å²) in [6, 6.07) is 0. The number of imidazole rings is 1. The number of nitrogens with zero attached hydrogens (tertiary/aromatic N) is 2. The number of Topliss-reactive ketones (excluding diaryl/α,β-unsaturated/α-hetero) is 1. The Morgan fingerprint density at radius 1 is 1.40 bits per heavy atom. The zero-order valence-corrected chi connectivity index (χ0v) is 8.98. The summed E-state index contributed by atoms with van der Waals surface area (Å²) >= 11 is 0. The fourth-order valence-electron chi connectivity index (χ4n) is 1.69. The summed E-state index contributed by atoms with van der Waals surface area (Å²) in [4.78, 5) is 23.2. The van der Waals surface area contributed by atoms with Gasteiger partial charge in [0.1, 0.15) is 0 Å². The topological polar surface area (TPSA) is 44.0 Å². The summed E-state index contributed by atoms with van der Waals surface area (Å²) in [5.74, 6) is 0.428. The maximum atomic E-state index is 11.7. The van der Waals surface area contributed by atoms with E-state index in [1.807, 2.05) is 6.92 Å². The molecule has 2 rings (SSSR count). The van der Waals surface area contributed by atoms with Crippen LogP contribution >= 0.6 is 0 Å². The standard InChI is InChI=1S/C11H16N2O2/c1-2-5-12-6-7-13(11(12)15)8-10(14)9-3-4-9/h6-7,9H,2-5,8H2,1H3. The number of hydrogen-bond donors (Lipinski definition) is 0. The second kappa shape index (κ2) is 4.04. The molecule has 0 spiro atoms. The Labute approximate surface area is 88.5 Å². The van der Waals surface area contributed by atoms with Gasteiger partial charge in [0, 0.05) is 24.9 Å². The van der Waals surface area contributed by atoms with Gasteiger partial charge in [-0.05, 0) is 19.3 Å². The highest BCUT2D eigenvalue weighted by Gasteiger charge is 2.29. The van der Waals surface area contributed by atoms with Gasteiger partial charge in [0.05, 0.1) is 6.54 Å². The lowest BCUT2D eigenvalue weighted by Crippen LogP contribution is -2.27. The average molecular weight is 208 g/mol. The molecule has 1 aliphatic carbocycles. The smallest absolute Gasteiger partial charge is 0.299 e. The Morgan fingerprint density at radius 2 is 2.07 bits per heavy atom. The number of ketones is 1. The third-order valence-corrected chi connectivity index (χ3v) is 2.74. The predicted molar refractivity (Wildman–Crippen MR) is 56.7 cm³/mol. The van der Waals surface area contributed by atoms with E-state index >= 15 is 0 Å². The van der Waals surface area contributed by atoms with Crippen LogP contribution in [0.15, 0.2) is 17.2 Å². The highest BCUT2D eigenvalue weighted by molar-refractivity contribution is 5.82. The monoisotopic (exact) mass is 208 g/mol. The number of carbonyl (C=O) groups is 1. The summed E-state index contributed by atoms with van der Waals surface area (Å²) in [7, 11) is 0. The van der Waals surface area contributed by atoms with Gasteiger partial charge in [-0.2, -0.15) is 0 Å². The molecule has 0 atom stereocenters. The summed E-state index contributed by atoms with van der Waals surface area (Å²) in [5, 5.41) is 0. The molecule has 1 fully saturated rings. The molecule has 0 aromatic carbocycles. The normalized spacial score (nSPS) is 15.5. The maximum absolute atomic E-state index is 11.7. The number of hydrogen-bond acceptors (Lipinski definition) is 2. The molecule has 0 radical (unpaired) electrons. The van der Waals surface area contributed by atoms with Crippen LogP contribution in [0.25, 0.3) is 0 Å². The van der Waals surface area contributed by atoms with Crippen molar-refractivity contribution in [1.29, 1.82) is 0 Å². The van der Waals surface area contributed by atoms with E-state index in [4.69, 9.17) is 0 Å². The lowest BCUT2D eigenvalue weighted by atomic mass is 10.3. The Morgan fingerprint density at radius 3 is 2.67 bits per heavy atom. The van der Waals surface area contributed by atoms with E-state index in [1.165, 1.54) is 4.57 Å². The van der Waals surface area contributed by atoms with Gasteiger partial charge < -0.3 is 0 Å². The number of aromatic nitrogens is 2. The van der Waals surface area contributed by atoms with Crippen molar-refractivity contribution in [1.82, 2.24) is 9.13 Å². The zero-order valence-electron chi connectivity index (χ0n) is 8.98. The Kier molecular flexibility index (Phi) is 2.75. The van der Waals surface area contributed by atoms with Gasteiger partial charge in [-0.15, -0.1) is 0 Å². The highest BCUT2D eigenvalue weighted by atomic mass is 16.2. The van der Waals surface area contributed by atoms with Crippen molar-refractivity contribution >= 4 is 5.78 Å². The van der Waals surface area contributed by atoms with E-state index in [-0.39, 0.29) is 23.9 Å². The van der Waals surface area contributed by atoms with Crippen LogP contribution in [0.3, 0.4) is 0 Å². The van der Waals surface area contributed by atoms with Crippen LogP contribution in [0.5, 0.6) is 0 Å². The van der Waals surface area contributed by atoms with Gasteiger partial charge in [0.25, 0.3) is 0 Å². The van der Waals surface area contributed by atoms with Crippen LogP contribution < -0.4 is 5.69 Å². The lowest BCUT2D eigenvalue weighted by molar-refractivity contribution is -0.120. The van der Waals surface area contributed by atoms with Crippen LogP contribution in [0.2, 0.25) is 0 Å². The molecule has 0 unspecified atom stereocenters. The van der Waals surface area contributed by atoms with E-state index in [2.05, 4.69) is 0 Å². The molecular formula is C11H16N2O2. The molecule has 0 saturated heterocycles. The number of aryl methyl sites for hydroxylation is 1. The molecule has 0 N–H and O–H groups in total. The van der Waals surface area contributed by atoms with E-state index in [0.29, 0.717) is 0 Å². The van der Waals surface area contributed by atoms with E-state index in [9.17, 15) is 9.59 Å². The molecule has 0 amide bonds. The molecule has 1 saturated carbocycles. The quantitative estimate of drug-likeness (QED) is 0.725. The van der Waals surface area contributed by atoms with E-state index < -0.39 is 0 Å². The van der Waals surface area contributed by atoms with Crippen molar-refractivity contribution in [3.63, 3.8) is 0 Å². The third kappa shape index (κ3) is 2.19. The van der Waals surface area contributed by atoms with Gasteiger partial charge >= 0.3 is 5.69 Å². The fraction of sp³-hybridized carbons (Fsp3) is 0.636. The summed E-state index contributed by atoms with van der Waals surface area (Å²) < 4.78 is 3.16. The lowest BCUT2D eigenvalue weighted by Gasteiger charge is -1.99. The molecule has 4 heteroatoms. The van der Waals surface area contributed by atoms with Crippen LogP contribution in [0.4, 0.5) is 0 Å². The molecule has 0 aliphatic heterocycles. The average Bonchev–Trinajstić information content (AvgIpc) is 3.00. The van der Waals surface area contributed by atoms with Crippen molar-refractivity contribution in [3.8, 4) is 0 Å².